The zero-order valence-corrected chi connectivity index (χ0v) is 20.5. The van der Waals surface area contributed by atoms with Crippen LogP contribution in [0.1, 0.15) is 5.56 Å². The first kappa shape index (κ1) is 21.9. The Kier molecular flexibility index (Phi) is 6.40. The van der Waals surface area contributed by atoms with E-state index in [0.717, 1.165) is 11.4 Å². The van der Waals surface area contributed by atoms with Crippen molar-refractivity contribution in [2.24, 2.45) is 0 Å². The monoisotopic (exact) mass is 585 g/mol. The van der Waals surface area contributed by atoms with Crippen LogP contribution >= 0.6 is 10.0 Å². The van der Waals surface area contributed by atoms with Crippen molar-refractivity contribution in [3.05, 3.63) is 86.2 Å². The minimum atomic E-state index is -1.26. The van der Waals surface area contributed by atoms with Gasteiger partial charge >= 0.3 is 21.1 Å². The van der Waals surface area contributed by atoms with Crippen molar-refractivity contribution in [3.63, 3.8) is 0 Å². The van der Waals surface area contributed by atoms with E-state index in [0.29, 0.717) is 0 Å². The molecule has 0 N–H and O–H groups in total. The van der Waals surface area contributed by atoms with Crippen molar-refractivity contribution in [2.75, 3.05) is 36.4 Å². The predicted octanol–water partition coefficient (Wildman–Crippen LogP) is 4.76. The Balaban J connectivity index is 0.00000240. The summed E-state index contributed by atoms with van der Waals surface area (Å²) < 4.78 is 0. The molecule has 0 aromatic heterocycles. The summed E-state index contributed by atoms with van der Waals surface area (Å²) >= 11 is 0. The third-order valence-corrected chi connectivity index (χ3v) is 7.58. The van der Waals surface area contributed by atoms with Gasteiger partial charge < -0.3 is 19.6 Å². The fourth-order valence-electron chi connectivity index (χ4n) is 3.26. The van der Waals surface area contributed by atoms with Gasteiger partial charge in [0.05, 0.1) is 0 Å². The normalized spacial score (nSPS) is 16.6. The average Bonchev–Trinajstić information content (AvgIpc) is 3.30. The van der Waals surface area contributed by atoms with Crippen LogP contribution in [0.2, 0.25) is 0 Å². The Hall–Kier alpha value is -1.84. The molecular weight excluding hydrogens is 559 g/mol. The summed E-state index contributed by atoms with van der Waals surface area (Å²) in [5.74, 6) is 0. The molecule has 4 nitrogen and oxygen atoms in total. The Labute approximate surface area is 191 Å². The first-order valence-electron chi connectivity index (χ1n) is 9.20. The molecule has 2 aromatic rings. The topological polar surface area (TPSA) is 13.0 Å². The summed E-state index contributed by atoms with van der Waals surface area (Å²) in [5, 5.41) is 0. The molecule has 2 aliphatic rings. The summed E-state index contributed by atoms with van der Waals surface area (Å²) in [4.78, 5) is 10.8. The number of benzene rings is 2. The first-order valence-corrected chi connectivity index (χ1v) is 11.6. The van der Waals surface area contributed by atoms with Gasteiger partial charge in [-0.3, -0.25) is 0 Å². The van der Waals surface area contributed by atoms with Gasteiger partial charge in [0, 0.05) is 0 Å². The second-order valence-electron chi connectivity index (χ2n) is 7.61. The standard InChI is InChI=1S/C23H26N4S.Pt/c1-19-13-21(27-12-10-25(3)18-27)16-23(14-19)28(4,5)22-8-6-7-20(15-22)26-11-9-24(2)17-26;/h6-14,17-18H,1-5H3;/q-4;+4. The van der Waals surface area contributed by atoms with Crippen molar-refractivity contribution in [1.82, 2.24) is 9.80 Å². The van der Waals surface area contributed by atoms with E-state index in [4.69, 9.17) is 0 Å². The van der Waals surface area contributed by atoms with Crippen LogP contribution in [0.25, 0.3) is 0 Å². The van der Waals surface area contributed by atoms with E-state index in [-0.39, 0.29) is 21.1 Å². The SMILES string of the molecule is Cc1cc(N2C=CN(C)[CH-]2)[c-]c(S(C)(C)c2[c-]c(N3C=CN(C)[CH-]3)ccc2)c1.[Pt+4]. The largest absolute Gasteiger partial charge is 4.00 e. The number of anilines is 2. The summed E-state index contributed by atoms with van der Waals surface area (Å²) in [6, 6.07) is 18.2. The van der Waals surface area contributed by atoms with E-state index in [2.05, 4.69) is 97.4 Å². The zero-order chi connectivity index (χ0) is 19.9. The van der Waals surface area contributed by atoms with Gasteiger partial charge in [0.15, 0.2) is 0 Å². The fraction of sp³-hybridized carbons (Fsp3) is 0.217. The number of rotatable bonds is 4. The Bertz CT molecular complexity index is 940. The van der Waals surface area contributed by atoms with Crippen LogP contribution < -0.4 is 9.80 Å². The second kappa shape index (κ2) is 8.49. The molecule has 2 aliphatic heterocycles. The molecule has 0 aliphatic carbocycles. The summed E-state index contributed by atoms with van der Waals surface area (Å²) in [5.41, 5.74) is 3.38. The second-order valence-corrected chi connectivity index (χ2v) is 11.1. The number of aryl methyl sites for hydroxylation is 1. The Morgan fingerprint density at radius 2 is 1.38 bits per heavy atom. The Morgan fingerprint density at radius 3 is 1.97 bits per heavy atom. The molecule has 0 atom stereocenters. The van der Waals surface area contributed by atoms with Gasteiger partial charge in [-0.15, -0.1) is 39.4 Å². The van der Waals surface area contributed by atoms with Crippen LogP contribution in [-0.2, 0) is 21.1 Å². The maximum Gasteiger partial charge on any atom is 4.00 e. The molecule has 29 heavy (non-hydrogen) atoms. The average molecular weight is 586 g/mol. The molecule has 0 saturated heterocycles. The molecule has 4 rings (SSSR count). The Morgan fingerprint density at radius 1 is 0.793 bits per heavy atom. The van der Waals surface area contributed by atoms with E-state index in [1.807, 2.05) is 36.3 Å². The maximum atomic E-state index is 3.67. The molecule has 2 heterocycles. The van der Waals surface area contributed by atoms with Crippen LogP contribution in [0.5, 0.6) is 0 Å². The molecule has 0 radical (unpaired) electrons. The van der Waals surface area contributed by atoms with Crippen LogP contribution in [0, 0.1) is 32.4 Å². The van der Waals surface area contributed by atoms with E-state index in [1.54, 1.807) is 0 Å². The van der Waals surface area contributed by atoms with Crippen LogP contribution in [-0.4, -0.2) is 36.4 Å². The third-order valence-electron chi connectivity index (χ3n) is 4.92. The van der Waals surface area contributed by atoms with Gasteiger partial charge in [-0.1, -0.05) is 6.92 Å². The zero-order valence-electron chi connectivity index (χ0n) is 17.4. The van der Waals surface area contributed by atoms with Crippen molar-refractivity contribution >= 4 is 21.4 Å². The molecule has 0 bridgehead atoms. The van der Waals surface area contributed by atoms with Crippen LogP contribution in [0.3, 0.4) is 0 Å². The summed E-state index contributed by atoms with van der Waals surface area (Å²) in [6.07, 6.45) is 12.8. The molecule has 0 saturated carbocycles. The maximum absolute atomic E-state index is 3.67. The van der Waals surface area contributed by atoms with Crippen molar-refractivity contribution < 1.29 is 21.1 Å². The molecule has 0 fully saturated rings. The van der Waals surface area contributed by atoms with E-state index >= 15 is 0 Å². The number of hydrogen-bond donors (Lipinski definition) is 0. The van der Waals surface area contributed by atoms with Crippen molar-refractivity contribution in [2.45, 2.75) is 16.7 Å². The number of nitrogens with zero attached hydrogens (tertiary/aromatic N) is 4. The molecule has 0 unspecified atom stereocenters. The summed E-state index contributed by atoms with van der Waals surface area (Å²) in [6.45, 7) is 6.27. The fourth-order valence-corrected chi connectivity index (χ4v) is 5.12. The molecule has 0 amide bonds. The van der Waals surface area contributed by atoms with E-state index in [9.17, 15) is 0 Å². The van der Waals surface area contributed by atoms with Crippen LogP contribution in [0.4, 0.5) is 11.4 Å². The molecule has 0 spiro atoms. The third kappa shape index (κ3) is 4.51. The van der Waals surface area contributed by atoms with Gasteiger partial charge in [0.2, 0.25) is 0 Å². The van der Waals surface area contributed by atoms with Gasteiger partial charge in [-0.05, 0) is 51.4 Å². The molecule has 2 aromatic carbocycles. The molecule has 154 valence electrons. The predicted molar refractivity (Wildman–Crippen MR) is 119 cm³/mol. The van der Waals surface area contributed by atoms with E-state index < -0.39 is 10.0 Å². The van der Waals surface area contributed by atoms with Gasteiger partial charge in [0.1, 0.15) is 0 Å². The van der Waals surface area contributed by atoms with E-state index in [1.165, 1.54) is 15.4 Å². The van der Waals surface area contributed by atoms with Gasteiger partial charge in [0.25, 0.3) is 0 Å². The molecule has 6 heteroatoms. The quantitative estimate of drug-likeness (QED) is 0.480. The minimum absolute atomic E-state index is 0. The summed E-state index contributed by atoms with van der Waals surface area (Å²) in [7, 11) is 2.80. The first-order chi connectivity index (χ1) is 13.3. The number of hydrogen-bond acceptors (Lipinski definition) is 4. The van der Waals surface area contributed by atoms with Gasteiger partial charge in [-0.2, -0.15) is 43.2 Å². The van der Waals surface area contributed by atoms with Crippen molar-refractivity contribution in [1.29, 1.82) is 0 Å². The van der Waals surface area contributed by atoms with Gasteiger partial charge in [-0.25, -0.2) is 10.0 Å². The van der Waals surface area contributed by atoms with Crippen LogP contribution in [0.15, 0.2) is 64.9 Å². The van der Waals surface area contributed by atoms with Crippen molar-refractivity contribution in [3.8, 4) is 0 Å². The smallest absolute Gasteiger partial charge is 0.510 e. The molecular formula is C23H26N4PtS. The minimum Gasteiger partial charge on any atom is -0.510 e.